The standard InChI is InChI=1S/C25H31F3N2O6Si/c1-22(2,3)37(5,6)35-19-18(32)24(9-10-31)17-16(23(19,4)36-24)20(33)30(21(17)34)14-8-7-13(12-29)15(11-14)25(26,27)28/h7-8,11,16-19,31-32H,9-10H2,1-6H3/t16-,17+,18+,19-,23+,24-/m1/s1. The minimum absolute atomic E-state index is 0.170. The van der Waals surface area contributed by atoms with E-state index in [-0.39, 0.29) is 17.1 Å². The number of aliphatic hydroxyl groups excluding tert-OH is 2. The number of benzene rings is 1. The van der Waals surface area contributed by atoms with Gasteiger partial charge in [0.2, 0.25) is 11.8 Å². The van der Waals surface area contributed by atoms with Gasteiger partial charge >= 0.3 is 6.18 Å². The summed E-state index contributed by atoms with van der Waals surface area (Å²) in [7, 11) is -2.52. The van der Waals surface area contributed by atoms with Gasteiger partial charge in [-0.05, 0) is 43.3 Å². The van der Waals surface area contributed by atoms with Crippen LogP contribution in [0.2, 0.25) is 18.1 Å². The van der Waals surface area contributed by atoms with Crippen molar-refractivity contribution < 1.29 is 42.1 Å². The predicted octanol–water partition coefficient (Wildman–Crippen LogP) is 3.36. The lowest BCUT2D eigenvalue weighted by Gasteiger charge is -2.46. The lowest BCUT2D eigenvalue weighted by Crippen LogP contribution is -2.62. The molecule has 0 aromatic heterocycles. The molecule has 6 atom stereocenters. The van der Waals surface area contributed by atoms with Crippen molar-refractivity contribution in [1.29, 1.82) is 5.26 Å². The summed E-state index contributed by atoms with van der Waals surface area (Å²) in [5, 5.41) is 30.2. The Morgan fingerprint density at radius 3 is 2.30 bits per heavy atom. The summed E-state index contributed by atoms with van der Waals surface area (Å²) in [6, 6.07) is 4.13. The molecule has 1 aromatic rings. The molecule has 0 spiro atoms. The third-order valence-corrected chi connectivity index (χ3v) is 13.1. The smallest absolute Gasteiger partial charge is 0.408 e. The van der Waals surface area contributed by atoms with E-state index in [4.69, 9.17) is 14.4 Å². The van der Waals surface area contributed by atoms with Gasteiger partial charge in [0.15, 0.2) is 8.32 Å². The summed E-state index contributed by atoms with van der Waals surface area (Å²) in [6.45, 7) is 11.1. The minimum atomic E-state index is -4.88. The summed E-state index contributed by atoms with van der Waals surface area (Å²) in [4.78, 5) is 28.1. The van der Waals surface area contributed by atoms with E-state index in [1.54, 1.807) is 6.92 Å². The Balaban J connectivity index is 1.82. The van der Waals surface area contributed by atoms with Gasteiger partial charge in [-0.3, -0.25) is 9.59 Å². The van der Waals surface area contributed by atoms with Crippen molar-refractivity contribution in [2.75, 3.05) is 11.5 Å². The maximum absolute atomic E-state index is 13.8. The van der Waals surface area contributed by atoms with Gasteiger partial charge in [0.1, 0.15) is 23.4 Å². The normalized spacial score (nSPS) is 33.7. The lowest BCUT2D eigenvalue weighted by atomic mass is 9.64. The first-order chi connectivity index (χ1) is 16.9. The number of ether oxygens (including phenoxy) is 1. The molecule has 202 valence electrons. The number of carbonyl (C=O) groups excluding carboxylic acids is 2. The van der Waals surface area contributed by atoms with Crippen molar-refractivity contribution in [1.82, 2.24) is 0 Å². The highest BCUT2D eigenvalue weighted by atomic mass is 28.4. The zero-order valence-electron chi connectivity index (χ0n) is 21.5. The van der Waals surface area contributed by atoms with Crippen molar-refractivity contribution in [3.05, 3.63) is 29.3 Å². The zero-order valence-corrected chi connectivity index (χ0v) is 22.5. The number of hydrogen-bond acceptors (Lipinski definition) is 7. The fraction of sp³-hybridized carbons (Fsp3) is 0.640. The third-order valence-electron chi connectivity index (χ3n) is 8.63. The fourth-order valence-corrected chi connectivity index (χ4v) is 7.14. The van der Waals surface area contributed by atoms with Gasteiger partial charge in [0.05, 0.1) is 34.7 Å². The molecule has 37 heavy (non-hydrogen) atoms. The molecule has 2 N–H and O–H groups in total. The first-order valence-electron chi connectivity index (χ1n) is 12.0. The maximum Gasteiger partial charge on any atom is 0.417 e. The first kappa shape index (κ1) is 27.7. The number of imide groups is 1. The monoisotopic (exact) mass is 540 g/mol. The van der Waals surface area contributed by atoms with Gasteiger partial charge < -0.3 is 19.4 Å². The average Bonchev–Trinajstić information content (AvgIpc) is 3.28. The van der Waals surface area contributed by atoms with E-state index in [0.717, 1.165) is 12.1 Å². The number of aliphatic hydroxyl groups is 2. The summed E-state index contributed by atoms with van der Waals surface area (Å²) < 4.78 is 53.6. The minimum Gasteiger partial charge on any atom is -0.408 e. The second kappa shape index (κ2) is 8.35. The van der Waals surface area contributed by atoms with Crippen LogP contribution in [0.5, 0.6) is 0 Å². The highest BCUT2D eigenvalue weighted by molar-refractivity contribution is 6.74. The van der Waals surface area contributed by atoms with Gasteiger partial charge in [-0.2, -0.15) is 18.4 Å². The second-order valence-electron chi connectivity index (χ2n) is 11.8. The lowest BCUT2D eigenvalue weighted by molar-refractivity contribution is -0.139. The van der Waals surface area contributed by atoms with Crippen LogP contribution in [0, 0.1) is 23.2 Å². The second-order valence-corrected chi connectivity index (χ2v) is 16.5. The van der Waals surface area contributed by atoms with E-state index in [1.165, 1.54) is 6.07 Å². The number of alkyl halides is 3. The molecule has 2 bridgehead atoms. The Kier molecular flexibility index (Phi) is 6.25. The molecule has 0 radical (unpaired) electrons. The number of anilines is 1. The number of hydrogen-bond donors (Lipinski definition) is 2. The van der Waals surface area contributed by atoms with Crippen LogP contribution in [-0.2, 0) is 24.9 Å². The van der Waals surface area contributed by atoms with Gasteiger partial charge in [0, 0.05) is 13.0 Å². The molecule has 0 aliphatic carbocycles. The van der Waals surface area contributed by atoms with Crippen molar-refractivity contribution in [3.63, 3.8) is 0 Å². The molecular formula is C25H31F3N2O6Si. The Morgan fingerprint density at radius 2 is 1.78 bits per heavy atom. The molecule has 0 unspecified atom stereocenters. The molecule has 4 rings (SSSR count). The molecule has 1 aromatic carbocycles. The van der Waals surface area contributed by atoms with E-state index >= 15 is 0 Å². The summed E-state index contributed by atoms with van der Waals surface area (Å²) >= 11 is 0. The van der Waals surface area contributed by atoms with Crippen LogP contribution in [0.15, 0.2) is 18.2 Å². The Labute approximate surface area is 214 Å². The van der Waals surface area contributed by atoms with E-state index in [1.807, 2.05) is 33.9 Å². The molecule has 3 fully saturated rings. The van der Waals surface area contributed by atoms with Crippen LogP contribution in [0.1, 0.15) is 45.2 Å². The molecule has 0 saturated carbocycles. The van der Waals surface area contributed by atoms with Crippen LogP contribution >= 0.6 is 0 Å². The number of amides is 2. The highest BCUT2D eigenvalue weighted by Crippen LogP contribution is 2.64. The van der Waals surface area contributed by atoms with Crippen molar-refractivity contribution >= 4 is 25.8 Å². The van der Waals surface area contributed by atoms with Crippen LogP contribution in [0.25, 0.3) is 0 Å². The Hall–Kier alpha value is -2.30. The predicted molar refractivity (Wildman–Crippen MR) is 128 cm³/mol. The number of nitrogens with zero attached hydrogens (tertiary/aromatic N) is 2. The highest BCUT2D eigenvalue weighted by Gasteiger charge is 2.81. The summed E-state index contributed by atoms with van der Waals surface area (Å²) in [5.74, 6) is -3.97. The number of fused-ring (bicyclic) bond motifs is 5. The first-order valence-corrected chi connectivity index (χ1v) is 14.9. The van der Waals surface area contributed by atoms with Crippen LogP contribution in [0.4, 0.5) is 18.9 Å². The van der Waals surface area contributed by atoms with Crippen LogP contribution in [-0.4, -0.2) is 60.4 Å². The van der Waals surface area contributed by atoms with Gasteiger partial charge in [0.25, 0.3) is 0 Å². The van der Waals surface area contributed by atoms with E-state index in [2.05, 4.69) is 0 Å². The zero-order chi connectivity index (χ0) is 27.9. The fourth-order valence-electron chi connectivity index (χ4n) is 5.79. The number of nitriles is 1. The maximum atomic E-state index is 13.8. The number of rotatable bonds is 5. The van der Waals surface area contributed by atoms with E-state index in [0.29, 0.717) is 11.0 Å². The quantitative estimate of drug-likeness (QED) is 0.434. The molecule has 3 aliphatic rings. The third kappa shape index (κ3) is 3.78. The SMILES string of the molecule is CC(C)(C)[Si](C)(C)O[C@@H]1[C@H](O)[C@]2(CCO)O[C@@]1(C)[C@H]1C(=O)N(c3ccc(C#N)c(C(F)(F)F)c3)C(=O)[C@H]12. The largest absolute Gasteiger partial charge is 0.417 e. The van der Waals surface area contributed by atoms with Crippen molar-refractivity contribution in [3.8, 4) is 6.07 Å². The number of carbonyl (C=O) groups is 2. The van der Waals surface area contributed by atoms with Gasteiger partial charge in [-0.1, -0.05) is 20.8 Å². The van der Waals surface area contributed by atoms with Gasteiger partial charge in [-0.25, -0.2) is 4.90 Å². The molecule has 12 heteroatoms. The molecule has 2 amide bonds. The summed E-state index contributed by atoms with van der Waals surface area (Å²) in [6.07, 6.45) is -7.41. The van der Waals surface area contributed by atoms with Crippen molar-refractivity contribution in [2.45, 2.75) is 81.8 Å². The van der Waals surface area contributed by atoms with Crippen LogP contribution in [0.3, 0.4) is 0 Å². The number of halogens is 3. The molecular weight excluding hydrogens is 509 g/mol. The summed E-state index contributed by atoms with van der Waals surface area (Å²) in [5.41, 5.74) is -5.34. The van der Waals surface area contributed by atoms with Gasteiger partial charge in [-0.15, -0.1) is 0 Å². The molecule has 8 nitrogen and oxygen atoms in total. The van der Waals surface area contributed by atoms with Crippen molar-refractivity contribution in [2.24, 2.45) is 11.8 Å². The molecule has 3 heterocycles. The Morgan fingerprint density at radius 1 is 1.19 bits per heavy atom. The average molecular weight is 541 g/mol. The Bertz CT molecular complexity index is 1190. The molecule has 3 saturated heterocycles. The van der Waals surface area contributed by atoms with E-state index in [9.17, 15) is 33.0 Å². The van der Waals surface area contributed by atoms with Crippen LogP contribution < -0.4 is 4.90 Å². The van der Waals surface area contributed by atoms with E-state index < -0.39 is 79.3 Å². The topological polar surface area (TPSA) is 120 Å². The molecule has 3 aliphatic heterocycles.